The van der Waals surface area contributed by atoms with Gasteiger partial charge in [0.05, 0.1) is 15.8 Å². The molecule has 2 atom stereocenters. The molecule has 0 amide bonds. The number of nitrogens with zero attached hydrogens (tertiary/aromatic N) is 2. The van der Waals surface area contributed by atoms with Crippen molar-refractivity contribution in [1.29, 1.82) is 0 Å². The number of fused-ring (bicyclic) bond motifs is 1. The molecule has 1 aliphatic rings. The number of benzene rings is 4. The molecule has 0 aromatic heterocycles. The van der Waals surface area contributed by atoms with Crippen LogP contribution in [0.3, 0.4) is 0 Å². The number of carbonyl (C=O) groups is 1. The van der Waals surface area contributed by atoms with Crippen LogP contribution >= 0.6 is 0 Å². The molecule has 0 saturated heterocycles. The molecule has 0 N–H and O–H groups in total. The Kier molecular flexibility index (Phi) is 7.11. The van der Waals surface area contributed by atoms with E-state index in [9.17, 15) is 25.0 Å². The van der Waals surface area contributed by atoms with Crippen LogP contribution in [0.2, 0.25) is 0 Å². The first-order valence-electron chi connectivity index (χ1n) is 11.1. The molecule has 4 aromatic carbocycles. The van der Waals surface area contributed by atoms with E-state index in [2.05, 4.69) is 0 Å². The number of para-hydroxylation sites is 2. The van der Waals surface area contributed by atoms with Crippen LogP contribution < -0.4 is 4.74 Å². The van der Waals surface area contributed by atoms with Gasteiger partial charge in [-0.2, -0.15) is 0 Å². The van der Waals surface area contributed by atoms with Crippen molar-refractivity contribution in [2.75, 3.05) is 0 Å². The Labute approximate surface area is 201 Å². The number of hydrogen-bond acceptors (Lipinski definition) is 6. The maximum atomic E-state index is 12.7. The van der Waals surface area contributed by atoms with Gasteiger partial charge in [0.2, 0.25) is 0 Å². The fraction of sp³-hybridized carbons (Fsp3) is 0.148. The predicted molar refractivity (Wildman–Crippen MR) is 131 cm³/mol. The van der Waals surface area contributed by atoms with E-state index in [1.807, 2.05) is 36.4 Å². The Hall–Kier alpha value is -4.59. The van der Waals surface area contributed by atoms with E-state index in [0.717, 1.165) is 17.2 Å². The summed E-state index contributed by atoms with van der Waals surface area (Å²) < 4.78 is 5.67. The van der Waals surface area contributed by atoms with E-state index in [1.54, 1.807) is 42.5 Å². The van der Waals surface area contributed by atoms with Crippen molar-refractivity contribution in [1.82, 2.24) is 0 Å². The number of nitro benzene ring substituents is 2. The Morgan fingerprint density at radius 1 is 0.743 bits per heavy atom. The summed E-state index contributed by atoms with van der Waals surface area (Å²) in [4.78, 5) is 33.2. The van der Waals surface area contributed by atoms with Gasteiger partial charge in [-0.15, -0.1) is 0 Å². The van der Waals surface area contributed by atoms with E-state index in [4.69, 9.17) is 4.74 Å². The number of carbonyl (C=O) groups excluding carboxylic acids is 1. The van der Waals surface area contributed by atoms with Crippen molar-refractivity contribution in [3.05, 3.63) is 123 Å². The first-order valence-corrected chi connectivity index (χ1v) is 11.1. The average Bonchev–Trinajstić information content (AvgIpc) is 2.85. The third-order valence-electron chi connectivity index (χ3n) is 6.04. The molecular formula is C27H22N2O6. The van der Waals surface area contributed by atoms with Gasteiger partial charge in [-0.1, -0.05) is 72.8 Å². The van der Waals surface area contributed by atoms with Crippen LogP contribution in [0.1, 0.15) is 24.3 Å². The number of esters is 1. The number of non-ortho nitro benzene ring substituents is 1. The van der Waals surface area contributed by atoms with Crippen LogP contribution in [0.4, 0.5) is 11.4 Å². The molecule has 8 heteroatoms. The molecule has 8 nitrogen and oxygen atoms in total. The smallest absolute Gasteiger partial charge is 0.314 e. The van der Waals surface area contributed by atoms with E-state index in [0.29, 0.717) is 17.7 Å². The first kappa shape index (κ1) is 23.6. The van der Waals surface area contributed by atoms with Gasteiger partial charge in [0.25, 0.3) is 11.4 Å². The van der Waals surface area contributed by atoms with Crippen LogP contribution in [0.25, 0.3) is 10.8 Å². The highest BCUT2D eigenvalue weighted by Gasteiger charge is 2.41. The van der Waals surface area contributed by atoms with Crippen molar-refractivity contribution in [2.45, 2.75) is 18.8 Å². The summed E-state index contributed by atoms with van der Waals surface area (Å²) in [6.07, 6.45) is 1.43. The van der Waals surface area contributed by atoms with Crippen LogP contribution in [-0.4, -0.2) is 15.8 Å². The minimum atomic E-state index is -0.417. The zero-order valence-corrected chi connectivity index (χ0v) is 18.7. The monoisotopic (exact) mass is 470 g/mol. The van der Waals surface area contributed by atoms with Gasteiger partial charge in [0, 0.05) is 35.1 Å². The summed E-state index contributed by atoms with van der Waals surface area (Å²) in [5, 5.41) is 23.2. The van der Waals surface area contributed by atoms with Crippen LogP contribution in [-0.2, 0) is 4.79 Å². The van der Waals surface area contributed by atoms with Gasteiger partial charge in [0.1, 0.15) is 5.75 Å². The van der Waals surface area contributed by atoms with Gasteiger partial charge in [-0.05, 0) is 24.3 Å². The highest BCUT2D eigenvalue weighted by molar-refractivity contribution is 5.91. The molecule has 5 rings (SSSR count). The largest absolute Gasteiger partial charge is 0.426 e. The second kappa shape index (κ2) is 10.6. The van der Waals surface area contributed by atoms with Crippen molar-refractivity contribution in [3.8, 4) is 5.75 Å². The molecule has 0 aliphatic heterocycles. The topological polar surface area (TPSA) is 113 Å². The molecule has 1 saturated carbocycles. The van der Waals surface area contributed by atoms with E-state index < -0.39 is 4.92 Å². The SMILES string of the molecule is O=C(Oc1cccc2ccccc12)[C@@H]1CCC1c1ccccc1[N+](=O)[O-].O=[N+]([O-])c1ccccc1. The molecule has 0 spiro atoms. The van der Waals surface area contributed by atoms with Gasteiger partial charge < -0.3 is 4.74 Å². The maximum absolute atomic E-state index is 12.7. The van der Waals surface area contributed by atoms with Gasteiger partial charge in [-0.3, -0.25) is 25.0 Å². The highest BCUT2D eigenvalue weighted by atomic mass is 16.6. The minimum Gasteiger partial charge on any atom is -0.426 e. The fourth-order valence-corrected chi connectivity index (χ4v) is 4.14. The molecule has 4 aromatic rings. The molecule has 176 valence electrons. The Bertz CT molecular complexity index is 1370. The molecule has 0 heterocycles. The Balaban J connectivity index is 0.000000271. The van der Waals surface area contributed by atoms with Crippen molar-refractivity contribution < 1.29 is 19.4 Å². The van der Waals surface area contributed by atoms with Crippen molar-refractivity contribution >= 4 is 28.1 Å². The normalized spacial score (nSPS) is 16.3. The van der Waals surface area contributed by atoms with Crippen molar-refractivity contribution in [3.63, 3.8) is 0 Å². The summed E-state index contributed by atoms with van der Waals surface area (Å²) in [6, 6.07) is 27.9. The quantitative estimate of drug-likeness (QED) is 0.143. The predicted octanol–water partition coefficient (Wildman–Crippen LogP) is 6.44. The van der Waals surface area contributed by atoms with Gasteiger partial charge in [-0.25, -0.2) is 0 Å². The summed E-state index contributed by atoms with van der Waals surface area (Å²) in [5.74, 6) is -0.314. The summed E-state index contributed by atoms with van der Waals surface area (Å²) in [7, 11) is 0. The number of ether oxygens (including phenoxy) is 1. The highest BCUT2D eigenvalue weighted by Crippen LogP contribution is 2.46. The van der Waals surface area contributed by atoms with Crippen LogP contribution in [0.5, 0.6) is 5.75 Å². The summed E-state index contributed by atoms with van der Waals surface area (Å²) in [5.41, 5.74) is 0.821. The van der Waals surface area contributed by atoms with Gasteiger partial charge >= 0.3 is 5.97 Å². The zero-order valence-electron chi connectivity index (χ0n) is 18.7. The zero-order chi connectivity index (χ0) is 24.8. The molecular weight excluding hydrogens is 448 g/mol. The summed E-state index contributed by atoms with van der Waals surface area (Å²) >= 11 is 0. The van der Waals surface area contributed by atoms with Gasteiger partial charge in [0.15, 0.2) is 0 Å². The molecule has 35 heavy (non-hydrogen) atoms. The molecule has 1 unspecified atom stereocenters. The van der Waals surface area contributed by atoms with E-state index >= 15 is 0 Å². The van der Waals surface area contributed by atoms with E-state index in [-0.39, 0.29) is 34.1 Å². The molecule has 1 fully saturated rings. The van der Waals surface area contributed by atoms with Crippen LogP contribution in [0, 0.1) is 26.1 Å². The average molecular weight is 470 g/mol. The number of nitro groups is 2. The van der Waals surface area contributed by atoms with E-state index in [1.165, 1.54) is 18.2 Å². The Morgan fingerprint density at radius 3 is 2.06 bits per heavy atom. The second-order valence-corrected chi connectivity index (χ2v) is 8.10. The lowest BCUT2D eigenvalue weighted by Gasteiger charge is -2.34. The molecule has 1 aliphatic carbocycles. The maximum Gasteiger partial charge on any atom is 0.314 e. The minimum absolute atomic E-state index is 0.0696. The lowest BCUT2D eigenvalue weighted by atomic mass is 9.69. The molecule has 0 radical (unpaired) electrons. The number of rotatable bonds is 5. The summed E-state index contributed by atoms with van der Waals surface area (Å²) in [6.45, 7) is 0. The standard InChI is InChI=1S/C21H17NO4.C6H5NO2/c23-21(26-20-11-5-7-14-6-1-2-8-15(14)20)18-13-12-16(18)17-9-3-4-10-19(17)22(24)25;8-7(9)6-4-2-1-3-5-6/h1-11,16,18H,12-13H2;1-5H/t16?,18-;/m1./s1. The third kappa shape index (κ3) is 5.33. The van der Waals surface area contributed by atoms with Crippen molar-refractivity contribution in [2.24, 2.45) is 5.92 Å². The fourth-order valence-electron chi connectivity index (χ4n) is 4.14. The lowest BCUT2D eigenvalue weighted by molar-refractivity contribution is -0.386. The first-order chi connectivity index (χ1) is 17.0. The second-order valence-electron chi connectivity index (χ2n) is 8.10. The van der Waals surface area contributed by atoms with Crippen LogP contribution in [0.15, 0.2) is 97.1 Å². The Morgan fingerprint density at radius 2 is 1.40 bits per heavy atom. The lowest BCUT2D eigenvalue weighted by Crippen LogP contribution is -2.34. The third-order valence-corrected chi connectivity index (χ3v) is 6.04. The molecule has 0 bridgehead atoms. The number of hydrogen-bond donors (Lipinski definition) is 0.